The lowest BCUT2D eigenvalue weighted by molar-refractivity contribution is 0.608. The maximum Gasteiger partial charge on any atom is 0.232 e. The van der Waals surface area contributed by atoms with Crippen molar-refractivity contribution in [1.29, 1.82) is 0 Å². The predicted molar refractivity (Wildman–Crippen MR) is 59.4 cm³/mol. The lowest BCUT2D eigenvalue weighted by Crippen LogP contribution is -2.00. The molecule has 1 N–H and O–H groups in total. The summed E-state index contributed by atoms with van der Waals surface area (Å²) in [5, 5.41) is 0.613. The van der Waals surface area contributed by atoms with Crippen LogP contribution in [0.3, 0.4) is 0 Å². The van der Waals surface area contributed by atoms with Gasteiger partial charge in [-0.25, -0.2) is 17.8 Å². The molecule has 2 heterocycles. The number of hydrogen-bond donors (Lipinski definition) is 1. The highest BCUT2D eigenvalue weighted by Gasteiger charge is 2.08. The van der Waals surface area contributed by atoms with Crippen molar-refractivity contribution < 1.29 is 12.8 Å². The number of fused-ring (bicyclic) bond motifs is 1. The molecule has 86 valence electrons. The molecule has 2 aromatic heterocycles. The second-order valence-corrected chi connectivity index (χ2v) is 6.28. The highest BCUT2D eigenvalue weighted by atomic mass is 35.7. The minimum Gasteiger partial charge on any atom is -0.343 e. The van der Waals surface area contributed by atoms with Crippen LogP contribution in [0.1, 0.15) is 5.69 Å². The summed E-state index contributed by atoms with van der Waals surface area (Å²) < 4.78 is 34.3. The average molecular weight is 263 g/mol. The summed E-state index contributed by atoms with van der Waals surface area (Å²) in [5.74, 6) is -0.591. The Morgan fingerprint density at radius 2 is 2.19 bits per heavy atom. The Bertz CT molecular complexity index is 623. The first-order chi connectivity index (χ1) is 7.44. The quantitative estimate of drug-likeness (QED) is 0.858. The van der Waals surface area contributed by atoms with E-state index in [2.05, 4.69) is 9.97 Å². The summed E-state index contributed by atoms with van der Waals surface area (Å²) in [6.45, 7) is 0. The molecule has 0 fully saturated rings. The molecule has 7 heteroatoms. The third-order valence-corrected chi connectivity index (χ3v) is 3.26. The lowest BCUT2D eigenvalue weighted by atomic mass is 10.3. The molecule has 2 rings (SSSR count). The molecule has 0 aromatic carbocycles. The van der Waals surface area contributed by atoms with Crippen LogP contribution in [0.25, 0.3) is 11.0 Å². The minimum atomic E-state index is -3.51. The molecule has 2 aromatic rings. The molecule has 0 unspecified atom stereocenters. The van der Waals surface area contributed by atoms with Gasteiger partial charge in [-0.15, -0.1) is 0 Å². The van der Waals surface area contributed by atoms with Crippen LogP contribution in [0.15, 0.2) is 18.3 Å². The van der Waals surface area contributed by atoms with Crippen molar-refractivity contribution >= 4 is 30.8 Å². The fraction of sp³-hybridized carbons (Fsp3) is 0.222. The van der Waals surface area contributed by atoms with E-state index in [9.17, 15) is 12.8 Å². The van der Waals surface area contributed by atoms with Crippen LogP contribution < -0.4 is 0 Å². The molecule has 4 nitrogen and oxygen atoms in total. The van der Waals surface area contributed by atoms with Gasteiger partial charge in [0.15, 0.2) is 0 Å². The number of rotatable bonds is 3. The van der Waals surface area contributed by atoms with Crippen molar-refractivity contribution in [2.75, 3.05) is 5.75 Å². The zero-order chi connectivity index (χ0) is 11.8. The van der Waals surface area contributed by atoms with E-state index in [1.54, 1.807) is 6.07 Å². The topological polar surface area (TPSA) is 62.8 Å². The smallest absolute Gasteiger partial charge is 0.232 e. The van der Waals surface area contributed by atoms with Gasteiger partial charge < -0.3 is 4.98 Å². The maximum absolute atomic E-state index is 12.8. The number of aryl methyl sites for hydroxylation is 1. The molecule has 0 saturated carbocycles. The van der Waals surface area contributed by atoms with Gasteiger partial charge in [0.1, 0.15) is 11.5 Å². The summed E-state index contributed by atoms with van der Waals surface area (Å²) in [5.41, 5.74) is 1.20. The number of halogens is 2. The summed E-state index contributed by atoms with van der Waals surface area (Å²) in [6, 6.07) is 2.99. The summed E-state index contributed by atoms with van der Waals surface area (Å²) in [6.07, 6.45) is 1.35. The van der Waals surface area contributed by atoms with Crippen LogP contribution in [-0.4, -0.2) is 24.1 Å². The fourth-order valence-corrected chi connectivity index (χ4v) is 2.11. The second kappa shape index (κ2) is 4.03. The van der Waals surface area contributed by atoms with Gasteiger partial charge in [0.25, 0.3) is 0 Å². The van der Waals surface area contributed by atoms with E-state index in [4.69, 9.17) is 10.7 Å². The molecule has 0 spiro atoms. The fourth-order valence-electron chi connectivity index (χ4n) is 1.41. The van der Waals surface area contributed by atoms with Gasteiger partial charge in [0.05, 0.1) is 11.9 Å². The Kier molecular flexibility index (Phi) is 2.86. The van der Waals surface area contributed by atoms with Crippen LogP contribution in [-0.2, 0) is 15.5 Å². The van der Waals surface area contributed by atoms with E-state index in [-0.39, 0.29) is 12.2 Å². The Morgan fingerprint density at radius 1 is 1.44 bits per heavy atom. The molecular formula is C9H8ClFN2O2S. The number of H-pyrrole nitrogens is 1. The van der Waals surface area contributed by atoms with Crippen LogP contribution in [0, 0.1) is 5.82 Å². The van der Waals surface area contributed by atoms with Gasteiger partial charge in [-0.05, 0) is 12.1 Å². The lowest BCUT2D eigenvalue weighted by Gasteiger charge is -1.93. The normalized spacial score (nSPS) is 12.1. The standard InChI is InChI=1S/C9H8ClFN2O2S/c10-16(14,15)2-1-8-4-6-3-7(11)5-12-9(6)13-8/h3-5H,1-2H2,(H,12,13). The molecule has 0 aliphatic carbocycles. The third-order valence-electron chi connectivity index (χ3n) is 2.11. The van der Waals surface area contributed by atoms with Gasteiger partial charge in [-0.1, -0.05) is 0 Å². The molecule has 0 saturated heterocycles. The Labute approximate surface area is 95.9 Å². The van der Waals surface area contributed by atoms with E-state index in [1.807, 2.05) is 0 Å². The largest absolute Gasteiger partial charge is 0.343 e. The van der Waals surface area contributed by atoms with Crippen LogP contribution >= 0.6 is 10.7 Å². The van der Waals surface area contributed by atoms with E-state index >= 15 is 0 Å². The first-order valence-electron chi connectivity index (χ1n) is 4.49. The summed E-state index contributed by atoms with van der Waals surface area (Å²) >= 11 is 0. The Balaban J connectivity index is 2.26. The van der Waals surface area contributed by atoms with E-state index in [0.717, 1.165) is 6.20 Å². The van der Waals surface area contributed by atoms with Crippen molar-refractivity contribution in [2.45, 2.75) is 6.42 Å². The number of pyridine rings is 1. The van der Waals surface area contributed by atoms with Crippen molar-refractivity contribution in [2.24, 2.45) is 0 Å². The van der Waals surface area contributed by atoms with Crippen molar-refractivity contribution in [3.63, 3.8) is 0 Å². The van der Waals surface area contributed by atoms with Gasteiger partial charge in [0.2, 0.25) is 9.05 Å². The number of hydrogen-bond acceptors (Lipinski definition) is 3. The molecule has 0 atom stereocenters. The first kappa shape index (κ1) is 11.3. The number of nitrogens with zero attached hydrogens (tertiary/aromatic N) is 1. The van der Waals surface area contributed by atoms with E-state index in [1.165, 1.54) is 6.07 Å². The Morgan fingerprint density at radius 3 is 2.88 bits per heavy atom. The predicted octanol–water partition coefficient (Wildman–Crippen LogP) is 1.81. The van der Waals surface area contributed by atoms with Gasteiger partial charge in [0, 0.05) is 28.2 Å². The van der Waals surface area contributed by atoms with Crippen LogP contribution in [0.4, 0.5) is 4.39 Å². The molecule has 16 heavy (non-hydrogen) atoms. The minimum absolute atomic E-state index is 0.163. The number of aromatic nitrogens is 2. The molecule has 0 aliphatic rings. The van der Waals surface area contributed by atoms with Crippen LogP contribution in [0.2, 0.25) is 0 Å². The number of nitrogens with one attached hydrogen (secondary N) is 1. The molecule has 0 aliphatic heterocycles. The Hall–Kier alpha value is -1.14. The maximum atomic E-state index is 12.8. The zero-order valence-electron chi connectivity index (χ0n) is 8.07. The zero-order valence-corrected chi connectivity index (χ0v) is 9.65. The van der Waals surface area contributed by atoms with Crippen LogP contribution in [0.5, 0.6) is 0 Å². The first-order valence-corrected chi connectivity index (χ1v) is 6.97. The van der Waals surface area contributed by atoms with Crippen molar-refractivity contribution in [3.05, 3.63) is 29.8 Å². The third kappa shape index (κ3) is 2.70. The van der Waals surface area contributed by atoms with Gasteiger partial charge >= 0.3 is 0 Å². The molecule has 0 bridgehead atoms. The van der Waals surface area contributed by atoms with Crippen molar-refractivity contribution in [1.82, 2.24) is 9.97 Å². The van der Waals surface area contributed by atoms with Gasteiger partial charge in [-0.2, -0.15) is 0 Å². The summed E-state index contributed by atoms with van der Waals surface area (Å²) in [4.78, 5) is 6.73. The van der Waals surface area contributed by atoms with E-state index in [0.29, 0.717) is 16.7 Å². The van der Waals surface area contributed by atoms with E-state index < -0.39 is 14.9 Å². The highest BCUT2D eigenvalue weighted by Crippen LogP contribution is 2.15. The molecule has 0 radical (unpaired) electrons. The van der Waals surface area contributed by atoms with Crippen molar-refractivity contribution in [3.8, 4) is 0 Å². The average Bonchev–Trinajstić information content (AvgIpc) is 2.55. The second-order valence-electron chi connectivity index (χ2n) is 3.38. The highest BCUT2D eigenvalue weighted by molar-refractivity contribution is 8.13. The molecule has 0 amide bonds. The number of aromatic amines is 1. The summed E-state index contributed by atoms with van der Waals surface area (Å²) in [7, 11) is 1.58. The van der Waals surface area contributed by atoms with Gasteiger partial charge in [-0.3, -0.25) is 0 Å². The molecular weight excluding hydrogens is 255 g/mol. The monoisotopic (exact) mass is 262 g/mol. The SMILES string of the molecule is O=S(=O)(Cl)CCc1cc2cc(F)cnc2[nH]1.